The molecule has 3 heteroatoms. The maximum absolute atomic E-state index is 5.80. The molecule has 2 aromatic rings. The number of rotatable bonds is 0. The van der Waals surface area contributed by atoms with Gasteiger partial charge in [0.25, 0.3) is 0 Å². The molecule has 0 radical (unpaired) electrons. The van der Waals surface area contributed by atoms with Crippen LogP contribution < -0.4 is 5.73 Å². The van der Waals surface area contributed by atoms with Gasteiger partial charge < -0.3 is 10.7 Å². The Balaban J connectivity index is 2.89. The van der Waals surface area contributed by atoms with Crippen molar-refractivity contribution in [3.8, 4) is 0 Å². The lowest BCUT2D eigenvalue weighted by atomic mass is 10.1. The van der Waals surface area contributed by atoms with Gasteiger partial charge in [-0.1, -0.05) is 0 Å². The van der Waals surface area contributed by atoms with Gasteiger partial charge in [-0.2, -0.15) is 0 Å². The number of aromatic amines is 1. The Bertz CT molecular complexity index is 471. The molecule has 0 saturated carbocycles. The van der Waals surface area contributed by atoms with E-state index in [9.17, 15) is 0 Å². The monoisotopic (exact) mass is 238 g/mol. The highest BCUT2D eigenvalue weighted by atomic mass is 79.9. The lowest BCUT2D eigenvalue weighted by molar-refractivity contribution is 1.25. The van der Waals surface area contributed by atoms with Crippen LogP contribution >= 0.6 is 15.9 Å². The van der Waals surface area contributed by atoms with Crippen molar-refractivity contribution in [3.63, 3.8) is 0 Å². The molecule has 0 spiro atoms. The fourth-order valence-corrected chi connectivity index (χ4v) is 1.84. The second-order valence-electron chi connectivity index (χ2n) is 3.29. The molecule has 1 aromatic heterocycles. The van der Waals surface area contributed by atoms with E-state index in [0.717, 1.165) is 15.7 Å². The summed E-state index contributed by atoms with van der Waals surface area (Å²) in [5.74, 6) is 0. The van der Waals surface area contributed by atoms with Gasteiger partial charge in [0.1, 0.15) is 0 Å². The number of aromatic nitrogens is 1. The lowest BCUT2D eigenvalue weighted by Crippen LogP contribution is -1.85. The molecule has 13 heavy (non-hydrogen) atoms. The Labute approximate surface area is 85.3 Å². The summed E-state index contributed by atoms with van der Waals surface area (Å²) in [4.78, 5) is 3.31. The van der Waals surface area contributed by atoms with Crippen molar-refractivity contribution in [2.45, 2.75) is 13.8 Å². The van der Waals surface area contributed by atoms with Crippen LogP contribution in [0.5, 0.6) is 0 Å². The second-order valence-corrected chi connectivity index (χ2v) is 4.15. The molecule has 0 atom stereocenters. The Morgan fingerprint density at radius 1 is 1.31 bits per heavy atom. The SMILES string of the molecule is Cc1[nH]c2cc(Br)c(N)cc2c1C. The van der Waals surface area contributed by atoms with Gasteiger partial charge in [-0.3, -0.25) is 0 Å². The number of benzene rings is 1. The zero-order valence-electron chi connectivity index (χ0n) is 7.61. The molecular formula is C10H11BrN2. The Kier molecular flexibility index (Phi) is 1.84. The van der Waals surface area contributed by atoms with Crippen molar-refractivity contribution in [1.82, 2.24) is 4.98 Å². The van der Waals surface area contributed by atoms with Crippen LogP contribution in [0.1, 0.15) is 11.3 Å². The van der Waals surface area contributed by atoms with Gasteiger partial charge in [0.15, 0.2) is 0 Å². The third-order valence-electron chi connectivity index (χ3n) is 2.43. The smallest absolute Gasteiger partial charge is 0.0471 e. The molecule has 0 aliphatic carbocycles. The highest BCUT2D eigenvalue weighted by Crippen LogP contribution is 2.29. The first kappa shape index (κ1) is 8.63. The standard InChI is InChI=1S/C10H11BrN2/c1-5-6(2)13-10-4-8(11)9(12)3-7(5)10/h3-4,13H,12H2,1-2H3. The summed E-state index contributed by atoms with van der Waals surface area (Å²) in [6.07, 6.45) is 0. The third-order valence-corrected chi connectivity index (χ3v) is 3.11. The molecule has 0 saturated heterocycles. The van der Waals surface area contributed by atoms with Crippen LogP contribution in [0.3, 0.4) is 0 Å². The number of hydrogen-bond acceptors (Lipinski definition) is 1. The summed E-state index contributed by atoms with van der Waals surface area (Å²) in [7, 11) is 0. The maximum atomic E-state index is 5.80. The number of aryl methyl sites for hydroxylation is 2. The van der Waals surface area contributed by atoms with E-state index in [1.54, 1.807) is 0 Å². The Morgan fingerprint density at radius 2 is 2.00 bits per heavy atom. The molecule has 1 heterocycles. The van der Waals surface area contributed by atoms with Gasteiger partial charge in [0, 0.05) is 26.8 Å². The Hall–Kier alpha value is -0.960. The van der Waals surface area contributed by atoms with Crippen molar-refractivity contribution in [3.05, 3.63) is 27.9 Å². The van der Waals surface area contributed by atoms with Crippen LogP contribution in [0.2, 0.25) is 0 Å². The van der Waals surface area contributed by atoms with E-state index in [2.05, 4.69) is 34.8 Å². The van der Waals surface area contributed by atoms with Gasteiger partial charge in [-0.15, -0.1) is 0 Å². The molecule has 2 nitrogen and oxygen atoms in total. The first-order valence-electron chi connectivity index (χ1n) is 4.13. The fraction of sp³-hybridized carbons (Fsp3) is 0.200. The number of halogens is 1. The quantitative estimate of drug-likeness (QED) is 0.681. The van der Waals surface area contributed by atoms with Crippen molar-refractivity contribution in [1.29, 1.82) is 0 Å². The van der Waals surface area contributed by atoms with Gasteiger partial charge in [0.2, 0.25) is 0 Å². The highest BCUT2D eigenvalue weighted by molar-refractivity contribution is 9.10. The molecule has 3 N–H and O–H groups in total. The molecule has 0 unspecified atom stereocenters. The lowest BCUT2D eigenvalue weighted by Gasteiger charge is -1.98. The van der Waals surface area contributed by atoms with Crippen molar-refractivity contribution >= 4 is 32.5 Å². The fourth-order valence-electron chi connectivity index (χ4n) is 1.50. The summed E-state index contributed by atoms with van der Waals surface area (Å²) in [5, 5.41) is 1.21. The van der Waals surface area contributed by atoms with Gasteiger partial charge >= 0.3 is 0 Å². The van der Waals surface area contributed by atoms with Crippen molar-refractivity contribution in [2.24, 2.45) is 0 Å². The number of nitrogen functional groups attached to an aromatic ring is 1. The summed E-state index contributed by atoms with van der Waals surface area (Å²) in [6.45, 7) is 4.17. The van der Waals surface area contributed by atoms with Crippen LogP contribution in [-0.2, 0) is 0 Å². The number of anilines is 1. The number of nitrogens with one attached hydrogen (secondary N) is 1. The highest BCUT2D eigenvalue weighted by Gasteiger charge is 2.06. The predicted molar refractivity (Wildman–Crippen MR) is 59.9 cm³/mol. The average molecular weight is 239 g/mol. The van der Waals surface area contributed by atoms with Crippen molar-refractivity contribution in [2.75, 3.05) is 5.73 Å². The van der Waals surface area contributed by atoms with E-state index in [1.807, 2.05) is 12.1 Å². The number of fused-ring (bicyclic) bond motifs is 1. The Morgan fingerprint density at radius 3 is 2.69 bits per heavy atom. The first-order chi connectivity index (χ1) is 6.09. The summed E-state index contributed by atoms with van der Waals surface area (Å²) >= 11 is 3.41. The summed E-state index contributed by atoms with van der Waals surface area (Å²) in [6, 6.07) is 4.02. The van der Waals surface area contributed by atoms with E-state index < -0.39 is 0 Å². The number of hydrogen-bond donors (Lipinski definition) is 2. The van der Waals surface area contributed by atoms with Gasteiger partial charge in [0.05, 0.1) is 0 Å². The van der Waals surface area contributed by atoms with E-state index >= 15 is 0 Å². The van der Waals surface area contributed by atoms with E-state index in [-0.39, 0.29) is 0 Å². The number of H-pyrrole nitrogens is 1. The minimum absolute atomic E-state index is 0.787. The second kappa shape index (κ2) is 2.77. The predicted octanol–water partition coefficient (Wildman–Crippen LogP) is 3.13. The van der Waals surface area contributed by atoms with E-state index in [4.69, 9.17) is 5.73 Å². The van der Waals surface area contributed by atoms with E-state index in [0.29, 0.717) is 0 Å². The summed E-state index contributed by atoms with van der Waals surface area (Å²) < 4.78 is 0.946. The van der Waals surface area contributed by atoms with Crippen LogP contribution in [0, 0.1) is 13.8 Å². The van der Waals surface area contributed by atoms with Crippen molar-refractivity contribution < 1.29 is 0 Å². The summed E-state index contributed by atoms with van der Waals surface area (Å²) in [5.41, 5.74) is 10.2. The minimum Gasteiger partial charge on any atom is -0.398 e. The molecule has 2 rings (SSSR count). The minimum atomic E-state index is 0.787. The molecule has 0 aliphatic rings. The third kappa shape index (κ3) is 1.23. The average Bonchev–Trinajstić information content (AvgIpc) is 2.32. The van der Waals surface area contributed by atoms with Gasteiger partial charge in [-0.05, 0) is 47.5 Å². The molecule has 0 amide bonds. The molecule has 0 bridgehead atoms. The van der Waals surface area contributed by atoms with Gasteiger partial charge in [-0.25, -0.2) is 0 Å². The molecular weight excluding hydrogens is 228 g/mol. The van der Waals surface area contributed by atoms with Crippen LogP contribution in [0.15, 0.2) is 16.6 Å². The van der Waals surface area contributed by atoms with Crippen LogP contribution in [0.4, 0.5) is 5.69 Å². The molecule has 0 aliphatic heterocycles. The molecule has 68 valence electrons. The largest absolute Gasteiger partial charge is 0.398 e. The molecule has 1 aromatic carbocycles. The zero-order valence-corrected chi connectivity index (χ0v) is 9.20. The van der Waals surface area contributed by atoms with Crippen LogP contribution in [0.25, 0.3) is 10.9 Å². The normalized spacial score (nSPS) is 11.0. The maximum Gasteiger partial charge on any atom is 0.0471 e. The van der Waals surface area contributed by atoms with E-state index in [1.165, 1.54) is 16.6 Å². The molecule has 0 fully saturated rings. The zero-order chi connectivity index (χ0) is 9.59. The topological polar surface area (TPSA) is 41.8 Å². The van der Waals surface area contributed by atoms with Crippen LogP contribution in [-0.4, -0.2) is 4.98 Å². The number of nitrogens with two attached hydrogens (primary N) is 1. The first-order valence-corrected chi connectivity index (χ1v) is 4.93.